The second kappa shape index (κ2) is 13.4. The van der Waals surface area contributed by atoms with Crippen LogP contribution in [0.1, 0.15) is 46.0 Å². The van der Waals surface area contributed by atoms with Gasteiger partial charge in [0.15, 0.2) is 0 Å². The van der Waals surface area contributed by atoms with E-state index in [1.165, 1.54) is 0 Å². The van der Waals surface area contributed by atoms with Gasteiger partial charge in [-0.3, -0.25) is 4.79 Å². The Morgan fingerprint density at radius 3 is 2.20 bits per heavy atom. The number of ether oxygens (including phenoxy) is 1. The summed E-state index contributed by atoms with van der Waals surface area (Å²) in [5.74, 6) is -0.754. The molecule has 0 aliphatic carbocycles. The topological polar surface area (TPSA) is 66.8 Å². The monoisotopic (exact) mass is 220 g/mol. The van der Waals surface area contributed by atoms with Crippen LogP contribution in [0, 0.1) is 0 Å². The van der Waals surface area contributed by atoms with Crippen LogP contribution in [0.5, 0.6) is 0 Å². The third kappa shape index (κ3) is 16.1. The van der Waals surface area contributed by atoms with Crippen molar-refractivity contribution in [2.24, 2.45) is 0 Å². The Morgan fingerprint density at radius 1 is 1.40 bits per heavy atom. The van der Waals surface area contributed by atoms with Gasteiger partial charge in [-0.05, 0) is 19.3 Å². The van der Waals surface area contributed by atoms with E-state index in [2.05, 4.69) is 6.92 Å². The van der Waals surface area contributed by atoms with E-state index in [1.807, 2.05) is 6.92 Å². The number of rotatable bonds is 7. The van der Waals surface area contributed by atoms with Crippen molar-refractivity contribution in [2.75, 3.05) is 13.7 Å². The maximum atomic E-state index is 10.1. The third-order valence-corrected chi connectivity index (χ3v) is 1.98. The number of unbranched alkanes of at least 4 members (excludes halogenated alkanes) is 1. The van der Waals surface area contributed by atoms with E-state index < -0.39 is 5.97 Å². The van der Waals surface area contributed by atoms with Gasteiger partial charge in [-0.25, -0.2) is 0 Å². The molecule has 0 aliphatic heterocycles. The molecule has 4 heteroatoms. The van der Waals surface area contributed by atoms with E-state index in [0.717, 1.165) is 19.3 Å². The lowest BCUT2D eigenvalue weighted by molar-refractivity contribution is -0.137. The van der Waals surface area contributed by atoms with Crippen LogP contribution in [0.2, 0.25) is 0 Å². The fourth-order valence-corrected chi connectivity index (χ4v) is 0.931. The normalized spacial score (nSPS) is 11.5. The van der Waals surface area contributed by atoms with Gasteiger partial charge in [0.2, 0.25) is 0 Å². The number of hydrogen-bond donors (Lipinski definition) is 2. The van der Waals surface area contributed by atoms with Gasteiger partial charge >= 0.3 is 5.97 Å². The van der Waals surface area contributed by atoms with Crippen molar-refractivity contribution < 1.29 is 19.7 Å². The van der Waals surface area contributed by atoms with E-state index in [-0.39, 0.29) is 12.5 Å². The van der Waals surface area contributed by atoms with Gasteiger partial charge in [0, 0.05) is 20.1 Å². The van der Waals surface area contributed by atoms with Gasteiger partial charge in [0.25, 0.3) is 0 Å². The van der Waals surface area contributed by atoms with E-state index in [1.54, 1.807) is 7.11 Å². The number of aliphatic hydroxyl groups excluding tert-OH is 1. The Bertz CT molecular complexity index is 131. The summed E-state index contributed by atoms with van der Waals surface area (Å²) < 4.78 is 4.99. The van der Waals surface area contributed by atoms with Crippen LogP contribution in [-0.2, 0) is 9.53 Å². The van der Waals surface area contributed by atoms with E-state index in [0.29, 0.717) is 13.0 Å². The number of hydrogen-bond acceptors (Lipinski definition) is 3. The van der Waals surface area contributed by atoms with Crippen molar-refractivity contribution in [1.82, 2.24) is 0 Å². The fourth-order valence-electron chi connectivity index (χ4n) is 0.931. The Kier molecular flexibility index (Phi) is 15.0. The summed E-state index contributed by atoms with van der Waals surface area (Å²) in [6.07, 6.45) is 3.84. The molecular weight excluding hydrogens is 196 g/mol. The van der Waals surface area contributed by atoms with Gasteiger partial charge < -0.3 is 14.9 Å². The lowest BCUT2D eigenvalue weighted by Gasteiger charge is -2.09. The molecule has 0 fully saturated rings. The van der Waals surface area contributed by atoms with Crippen LogP contribution in [0.3, 0.4) is 0 Å². The van der Waals surface area contributed by atoms with Crippen molar-refractivity contribution in [3.63, 3.8) is 0 Å². The first kappa shape index (κ1) is 16.8. The van der Waals surface area contributed by atoms with Crippen molar-refractivity contribution in [1.29, 1.82) is 0 Å². The molecule has 0 bridgehead atoms. The van der Waals surface area contributed by atoms with Crippen LogP contribution in [0.25, 0.3) is 0 Å². The zero-order valence-corrected chi connectivity index (χ0v) is 10.0. The van der Waals surface area contributed by atoms with Crippen LogP contribution >= 0.6 is 0 Å². The molecule has 0 radical (unpaired) electrons. The number of carboxylic acid groups (broad SMARTS) is 1. The molecule has 1 unspecified atom stereocenters. The smallest absolute Gasteiger partial charge is 0.303 e. The first-order valence-electron chi connectivity index (χ1n) is 5.47. The summed E-state index contributed by atoms with van der Waals surface area (Å²) in [7, 11) is 1.61. The molecule has 0 amide bonds. The summed E-state index contributed by atoms with van der Waals surface area (Å²) >= 11 is 0. The maximum Gasteiger partial charge on any atom is 0.303 e. The Hall–Kier alpha value is -0.610. The van der Waals surface area contributed by atoms with E-state index in [9.17, 15) is 4.79 Å². The van der Waals surface area contributed by atoms with Gasteiger partial charge in [0.05, 0.1) is 6.10 Å². The maximum absolute atomic E-state index is 10.1. The standard InChI is InChI=1S/C7H14O3.C4H10O/c1-3-6(10-2)4-5-7(8)9;1-2-3-4-5/h6H,3-5H2,1-2H3,(H,8,9);5H,2-4H2,1H3. The summed E-state index contributed by atoms with van der Waals surface area (Å²) in [6, 6.07) is 0. The molecule has 4 nitrogen and oxygen atoms in total. The van der Waals surface area contributed by atoms with Gasteiger partial charge in [-0.15, -0.1) is 0 Å². The Morgan fingerprint density at radius 2 is 2.00 bits per heavy atom. The van der Waals surface area contributed by atoms with E-state index >= 15 is 0 Å². The van der Waals surface area contributed by atoms with Crippen molar-refractivity contribution in [3.05, 3.63) is 0 Å². The zero-order valence-electron chi connectivity index (χ0n) is 10.0. The number of aliphatic hydroxyl groups is 1. The molecular formula is C11H24O4. The summed E-state index contributed by atoms with van der Waals surface area (Å²) in [4.78, 5) is 10.1. The first-order chi connectivity index (χ1) is 7.12. The number of carbonyl (C=O) groups is 1. The van der Waals surface area contributed by atoms with Crippen molar-refractivity contribution in [2.45, 2.75) is 52.1 Å². The molecule has 0 rings (SSSR count). The molecule has 0 spiro atoms. The highest BCUT2D eigenvalue weighted by atomic mass is 16.5. The lowest BCUT2D eigenvalue weighted by atomic mass is 10.1. The minimum Gasteiger partial charge on any atom is -0.481 e. The van der Waals surface area contributed by atoms with Crippen LogP contribution in [0.15, 0.2) is 0 Å². The molecule has 0 saturated heterocycles. The average molecular weight is 220 g/mol. The molecule has 0 heterocycles. The second-order valence-corrected chi connectivity index (χ2v) is 3.28. The minimum atomic E-state index is -0.754. The summed E-state index contributed by atoms with van der Waals surface area (Å²) in [5.41, 5.74) is 0. The first-order valence-corrected chi connectivity index (χ1v) is 5.47. The van der Waals surface area contributed by atoms with Crippen LogP contribution in [0.4, 0.5) is 0 Å². The quantitative estimate of drug-likeness (QED) is 0.689. The highest BCUT2D eigenvalue weighted by Gasteiger charge is 2.05. The molecule has 15 heavy (non-hydrogen) atoms. The second-order valence-electron chi connectivity index (χ2n) is 3.28. The number of carboxylic acids is 1. The molecule has 0 saturated carbocycles. The molecule has 1 atom stereocenters. The van der Waals surface area contributed by atoms with E-state index in [4.69, 9.17) is 14.9 Å². The molecule has 2 N–H and O–H groups in total. The van der Waals surface area contributed by atoms with Crippen LogP contribution in [-0.4, -0.2) is 36.0 Å². The Balaban J connectivity index is 0. The van der Waals surface area contributed by atoms with Crippen molar-refractivity contribution in [3.8, 4) is 0 Å². The molecule has 0 aromatic carbocycles. The number of aliphatic carboxylic acids is 1. The fraction of sp³-hybridized carbons (Fsp3) is 0.909. The van der Waals surface area contributed by atoms with Crippen LogP contribution < -0.4 is 0 Å². The molecule has 92 valence electrons. The highest BCUT2D eigenvalue weighted by Crippen LogP contribution is 2.04. The van der Waals surface area contributed by atoms with Crippen molar-refractivity contribution >= 4 is 5.97 Å². The Labute approximate surface area is 92.3 Å². The predicted molar refractivity (Wildman–Crippen MR) is 60.0 cm³/mol. The summed E-state index contributed by atoms with van der Waals surface area (Å²) in [6.45, 7) is 4.38. The largest absolute Gasteiger partial charge is 0.481 e. The molecule has 0 aromatic heterocycles. The third-order valence-electron chi connectivity index (χ3n) is 1.98. The molecule has 0 aliphatic rings. The predicted octanol–water partition coefficient (Wildman–Crippen LogP) is 2.06. The highest BCUT2D eigenvalue weighted by molar-refractivity contribution is 5.66. The van der Waals surface area contributed by atoms with Gasteiger partial charge in [-0.2, -0.15) is 0 Å². The average Bonchev–Trinajstić information content (AvgIpc) is 2.21. The molecule has 0 aromatic rings. The SMILES string of the molecule is CCC(CCC(=O)O)OC.CCCCO. The number of methoxy groups -OCH3 is 1. The summed E-state index contributed by atoms with van der Waals surface area (Å²) in [5, 5.41) is 16.4. The lowest BCUT2D eigenvalue weighted by Crippen LogP contribution is -2.10. The minimum absolute atomic E-state index is 0.107. The zero-order chi connectivity index (χ0) is 12.1. The van der Waals surface area contributed by atoms with Gasteiger partial charge in [0.1, 0.15) is 0 Å². The van der Waals surface area contributed by atoms with Gasteiger partial charge in [-0.1, -0.05) is 20.3 Å².